The lowest BCUT2D eigenvalue weighted by Gasteiger charge is -2.12. The molecular formula is C27H27N3O3. The van der Waals surface area contributed by atoms with Crippen LogP contribution in [0.15, 0.2) is 70.2 Å². The average molecular weight is 442 g/mol. The fourth-order valence-electron chi connectivity index (χ4n) is 3.72. The Kier molecular flexibility index (Phi) is 6.66. The number of para-hydroxylation sites is 1. The first-order valence-electron chi connectivity index (χ1n) is 11.1. The summed E-state index contributed by atoms with van der Waals surface area (Å²) in [4.78, 5) is 22.4. The van der Waals surface area contributed by atoms with Gasteiger partial charge in [0.2, 0.25) is 5.55 Å². The number of hydrogen-bond donors (Lipinski definition) is 2. The molecule has 0 bridgehead atoms. The predicted molar refractivity (Wildman–Crippen MR) is 129 cm³/mol. The summed E-state index contributed by atoms with van der Waals surface area (Å²) in [6.45, 7) is 5.74. The number of nitrogens with one attached hydrogen (secondary N) is 1. The molecule has 0 aliphatic rings. The van der Waals surface area contributed by atoms with Crippen LogP contribution in [0.5, 0.6) is 0 Å². The Labute approximate surface area is 192 Å². The van der Waals surface area contributed by atoms with Crippen LogP contribution < -0.4 is 10.9 Å². The van der Waals surface area contributed by atoms with Crippen molar-refractivity contribution >= 4 is 28.3 Å². The lowest BCUT2D eigenvalue weighted by Crippen LogP contribution is -2.22. The molecule has 4 aromatic rings. The highest BCUT2D eigenvalue weighted by atomic mass is 16.3. The zero-order valence-corrected chi connectivity index (χ0v) is 19.1. The van der Waals surface area contributed by atoms with Gasteiger partial charge in [0.1, 0.15) is 5.56 Å². The third-order valence-corrected chi connectivity index (χ3v) is 5.69. The SMILES string of the molecule is CCc1ccc(N=c2oc3c(C)ncc(CO)c3cc2C(=O)Nc2ccccc2CC)cc1. The number of fused-ring (bicyclic) bond motifs is 1. The Morgan fingerprint density at radius 2 is 1.82 bits per heavy atom. The fourth-order valence-corrected chi connectivity index (χ4v) is 3.72. The number of amides is 1. The van der Waals surface area contributed by atoms with E-state index >= 15 is 0 Å². The number of nitrogens with zero attached hydrogens (tertiary/aromatic N) is 2. The second-order valence-corrected chi connectivity index (χ2v) is 7.83. The van der Waals surface area contributed by atoms with Crippen LogP contribution in [0, 0.1) is 6.92 Å². The van der Waals surface area contributed by atoms with E-state index in [1.807, 2.05) is 62.4 Å². The lowest BCUT2D eigenvalue weighted by atomic mass is 10.1. The van der Waals surface area contributed by atoms with Gasteiger partial charge in [-0.15, -0.1) is 0 Å². The Bertz CT molecular complexity index is 1370. The molecule has 6 nitrogen and oxygen atoms in total. The van der Waals surface area contributed by atoms with Gasteiger partial charge in [-0.1, -0.05) is 44.2 Å². The maximum atomic E-state index is 13.4. The topological polar surface area (TPSA) is 87.7 Å². The highest BCUT2D eigenvalue weighted by Crippen LogP contribution is 2.23. The lowest BCUT2D eigenvalue weighted by molar-refractivity contribution is 0.102. The van der Waals surface area contributed by atoms with Gasteiger partial charge in [-0.3, -0.25) is 9.78 Å². The first kappa shape index (κ1) is 22.4. The first-order valence-corrected chi connectivity index (χ1v) is 11.1. The number of aliphatic hydroxyl groups excluding tert-OH is 1. The highest BCUT2D eigenvalue weighted by molar-refractivity contribution is 6.06. The van der Waals surface area contributed by atoms with Gasteiger partial charge >= 0.3 is 0 Å². The number of carbonyl (C=O) groups excluding carboxylic acids is 1. The van der Waals surface area contributed by atoms with E-state index in [2.05, 4.69) is 22.2 Å². The summed E-state index contributed by atoms with van der Waals surface area (Å²) in [6, 6.07) is 17.2. The maximum absolute atomic E-state index is 13.4. The van der Waals surface area contributed by atoms with Crippen LogP contribution in [0.4, 0.5) is 11.4 Å². The van der Waals surface area contributed by atoms with E-state index in [4.69, 9.17) is 4.42 Å². The molecule has 2 aromatic carbocycles. The van der Waals surface area contributed by atoms with E-state index < -0.39 is 0 Å². The van der Waals surface area contributed by atoms with Gasteiger partial charge < -0.3 is 14.8 Å². The minimum atomic E-state index is -0.330. The van der Waals surface area contributed by atoms with Gasteiger partial charge in [-0.05, 0) is 55.2 Å². The third kappa shape index (κ3) is 4.71. The zero-order valence-electron chi connectivity index (χ0n) is 19.1. The summed E-state index contributed by atoms with van der Waals surface area (Å²) in [5.41, 5.74) is 5.88. The molecule has 2 aromatic heterocycles. The summed E-state index contributed by atoms with van der Waals surface area (Å²) in [5.74, 6) is -0.330. The van der Waals surface area contributed by atoms with Crippen LogP contribution in [0.1, 0.15) is 46.6 Å². The van der Waals surface area contributed by atoms with Crippen LogP contribution in [-0.4, -0.2) is 16.0 Å². The Balaban J connectivity index is 1.90. The molecular weight excluding hydrogens is 414 g/mol. The predicted octanol–water partition coefficient (Wildman–Crippen LogP) is 5.24. The maximum Gasteiger partial charge on any atom is 0.261 e. The fraction of sp³-hybridized carbons (Fsp3) is 0.222. The number of aliphatic hydroxyl groups is 1. The Morgan fingerprint density at radius 3 is 2.52 bits per heavy atom. The smallest absolute Gasteiger partial charge is 0.261 e. The van der Waals surface area contributed by atoms with Crippen molar-refractivity contribution in [3.63, 3.8) is 0 Å². The van der Waals surface area contributed by atoms with Crippen LogP contribution in [0.2, 0.25) is 0 Å². The van der Waals surface area contributed by atoms with Crippen molar-refractivity contribution in [1.29, 1.82) is 0 Å². The summed E-state index contributed by atoms with van der Waals surface area (Å²) in [5, 5.41) is 13.4. The van der Waals surface area contributed by atoms with E-state index in [-0.39, 0.29) is 23.6 Å². The van der Waals surface area contributed by atoms with Crippen LogP contribution in [0.25, 0.3) is 11.0 Å². The van der Waals surface area contributed by atoms with Crippen molar-refractivity contribution in [1.82, 2.24) is 4.98 Å². The van der Waals surface area contributed by atoms with Gasteiger partial charge in [0, 0.05) is 22.8 Å². The molecule has 1 amide bonds. The van der Waals surface area contributed by atoms with Crippen molar-refractivity contribution in [3.05, 3.63) is 94.3 Å². The molecule has 0 saturated carbocycles. The minimum absolute atomic E-state index is 0.193. The van der Waals surface area contributed by atoms with Gasteiger partial charge in [-0.25, -0.2) is 4.99 Å². The molecule has 168 valence electrons. The van der Waals surface area contributed by atoms with Crippen molar-refractivity contribution in [2.45, 2.75) is 40.2 Å². The average Bonchev–Trinajstić information content (AvgIpc) is 2.85. The number of rotatable bonds is 6. The number of benzene rings is 2. The highest BCUT2D eigenvalue weighted by Gasteiger charge is 2.17. The minimum Gasteiger partial charge on any atom is -0.436 e. The van der Waals surface area contributed by atoms with Crippen molar-refractivity contribution in [2.24, 2.45) is 4.99 Å². The number of pyridine rings is 1. The molecule has 4 rings (SSSR count). The molecule has 0 saturated heterocycles. The summed E-state index contributed by atoms with van der Waals surface area (Å²) in [7, 11) is 0. The zero-order chi connectivity index (χ0) is 23.4. The summed E-state index contributed by atoms with van der Waals surface area (Å²) >= 11 is 0. The molecule has 33 heavy (non-hydrogen) atoms. The van der Waals surface area contributed by atoms with Gasteiger partial charge in [0.25, 0.3) is 5.91 Å². The molecule has 0 spiro atoms. The molecule has 6 heteroatoms. The number of hydrogen-bond acceptors (Lipinski definition) is 5. The second kappa shape index (κ2) is 9.79. The summed E-state index contributed by atoms with van der Waals surface area (Å²) in [6.07, 6.45) is 3.32. The molecule has 2 heterocycles. The third-order valence-electron chi connectivity index (χ3n) is 5.69. The normalized spacial score (nSPS) is 11.7. The molecule has 0 radical (unpaired) electrons. The molecule has 0 aliphatic heterocycles. The number of aromatic nitrogens is 1. The monoisotopic (exact) mass is 441 g/mol. The van der Waals surface area contributed by atoms with E-state index in [1.54, 1.807) is 12.3 Å². The van der Waals surface area contributed by atoms with E-state index in [0.717, 1.165) is 24.1 Å². The molecule has 0 fully saturated rings. The Morgan fingerprint density at radius 1 is 1.06 bits per heavy atom. The number of carbonyl (C=O) groups is 1. The van der Waals surface area contributed by atoms with Gasteiger partial charge in [0.15, 0.2) is 5.58 Å². The van der Waals surface area contributed by atoms with Crippen LogP contribution in [0.3, 0.4) is 0 Å². The standard InChI is InChI=1S/C27H27N3O3/c1-4-18-10-12-21(13-11-18)29-27-23(26(32)30-24-9-7-6-8-19(24)5-2)14-22-20(16-31)15-28-17(3)25(22)33-27/h6-15,31H,4-5,16H2,1-3H3,(H,30,32). The number of anilines is 1. The molecule has 0 atom stereocenters. The quantitative estimate of drug-likeness (QED) is 0.428. The Hall–Kier alpha value is -3.77. The molecule has 0 unspecified atom stereocenters. The van der Waals surface area contributed by atoms with Crippen molar-refractivity contribution in [3.8, 4) is 0 Å². The second-order valence-electron chi connectivity index (χ2n) is 7.83. The van der Waals surface area contributed by atoms with Crippen molar-refractivity contribution < 1.29 is 14.3 Å². The van der Waals surface area contributed by atoms with Crippen LogP contribution in [-0.2, 0) is 19.4 Å². The van der Waals surface area contributed by atoms with Crippen LogP contribution >= 0.6 is 0 Å². The van der Waals surface area contributed by atoms with E-state index in [0.29, 0.717) is 27.9 Å². The molecule has 2 N–H and O–H groups in total. The van der Waals surface area contributed by atoms with E-state index in [9.17, 15) is 9.90 Å². The summed E-state index contributed by atoms with van der Waals surface area (Å²) < 4.78 is 6.14. The van der Waals surface area contributed by atoms with Gasteiger partial charge in [-0.2, -0.15) is 0 Å². The van der Waals surface area contributed by atoms with Crippen molar-refractivity contribution in [2.75, 3.05) is 5.32 Å². The van der Waals surface area contributed by atoms with Gasteiger partial charge in [0.05, 0.1) is 18.0 Å². The largest absolute Gasteiger partial charge is 0.436 e. The molecule has 0 aliphatic carbocycles. The number of aryl methyl sites for hydroxylation is 3. The first-order chi connectivity index (χ1) is 16.0. The van der Waals surface area contributed by atoms with E-state index in [1.165, 1.54) is 5.56 Å².